The lowest BCUT2D eigenvalue weighted by Gasteiger charge is -2.26. The molecule has 1 aromatic carbocycles. The number of fused-ring (bicyclic) bond motifs is 1. The molecular weight excluding hydrogens is 424 g/mol. The molecule has 2 heterocycles. The topological polar surface area (TPSA) is 85.5 Å². The minimum atomic E-state index is -0.274. The van der Waals surface area contributed by atoms with Crippen molar-refractivity contribution >= 4 is 51.5 Å². The Morgan fingerprint density at radius 1 is 1.06 bits per heavy atom. The number of carbonyl (C=O) groups is 3. The van der Waals surface area contributed by atoms with Gasteiger partial charge in [-0.05, 0) is 42.5 Å². The maximum Gasteiger partial charge on any atom is 0.266 e. The summed E-state index contributed by atoms with van der Waals surface area (Å²) >= 11 is 1.34. The molecule has 1 fully saturated rings. The van der Waals surface area contributed by atoms with Crippen molar-refractivity contribution in [3.8, 4) is 0 Å². The quantitative estimate of drug-likeness (QED) is 0.587. The van der Waals surface area contributed by atoms with E-state index in [0.29, 0.717) is 27.2 Å². The number of rotatable bonds is 5. The van der Waals surface area contributed by atoms with Crippen LogP contribution in [0.2, 0.25) is 0 Å². The Morgan fingerprint density at radius 2 is 1.81 bits per heavy atom. The summed E-state index contributed by atoms with van der Waals surface area (Å²) in [5.74, 6) is 0.0721. The highest BCUT2D eigenvalue weighted by atomic mass is 32.1. The smallest absolute Gasteiger partial charge is 0.266 e. The fraction of sp³-hybridized carbons (Fsp3) is 0.375. The molecule has 2 aromatic heterocycles. The molecule has 0 spiro atoms. The van der Waals surface area contributed by atoms with Crippen LogP contribution in [0.15, 0.2) is 35.7 Å². The van der Waals surface area contributed by atoms with Crippen LogP contribution in [0, 0.1) is 5.92 Å². The second-order valence-electron chi connectivity index (χ2n) is 8.47. The van der Waals surface area contributed by atoms with Gasteiger partial charge in [-0.1, -0.05) is 25.3 Å². The lowest BCUT2D eigenvalue weighted by atomic mass is 9.88. The summed E-state index contributed by atoms with van der Waals surface area (Å²) in [6.45, 7) is 0. The van der Waals surface area contributed by atoms with E-state index in [1.807, 2.05) is 29.6 Å². The second kappa shape index (κ2) is 9.16. The number of hydrogen-bond acceptors (Lipinski definition) is 4. The number of benzene rings is 1. The van der Waals surface area contributed by atoms with Crippen LogP contribution in [0.3, 0.4) is 0 Å². The highest BCUT2D eigenvalue weighted by molar-refractivity contribution is 7.12. The Labute approximate surface area is 191 Å². The van der Waals surface area contributed by atoms with Crippen molar-refractivity contribution in [2.24, 2.45) is 5.92 Å². The lowest BCUT2D eigenvalue weighted by Crippen LogP contribution is -2.33. The third-order valence-corrected chi connectivity index (χ3v) is 6.93. The molecule has 0 saturated heterocycles. The molecule has 0 radical (unpaired) electrons. The van der Waals surface area contributed by atoms with Crippen LogP contribution in [0.4, 0.5) is 11.5 Å². The molecule has 1 aliphatic rings. The van der Waals surface area contributed by atoms with Gasteiger partial charge in [0.2, 0.25) is 5.91 Å². The van der Waals surface area contributed by atoms with Crippen LogP contribution in [-0.2, 0) is 4.79 Å². The van der Waals surface area contributed by atoms with Crippen molar-refractivity contribution in [1.82, 2.24) is 9.88 Å². The number of nitrogens with zero attached hydrogens (tertiary/aromatic N) is 2. The Bertz CT molecular complexity index is 1140. The summed E-state index contributed by atoms with van der Waals surface area (Å²) < 4.78 is 0. The molecule has 3 amide bonds. The molecule has 4 rings (SSSR count). The van der Waals surface area contributed by atoms with E-state index in [0.717, 1.165) is 31.4 Å². The first-order chi connectivity index (χ1) is 15.4. The molecule has 0 aliphatic heterocycles. The lowest BCUT2D eigenvalue weighted by molar-refractivity contribution is -0.123. The zero-order valence-corrected chi connectivity index (χ0v) is 19.4. The second-order valence-corrected chi connectivity index (χ2v) is 9.42. The zero-order valence-electron chi connectivity index (χ0n) is 18.6. The van der Waals surface area contributed by atoms with Gasteiger partial charge in [0.25, 0.3) is 11.8 Å². The zero-order chi connectivity index (χ0) is 22.8. The van der Waals surface area contributed by atoms with Crippen LogP contribution in [-0.4, -0.2) is 48.7 Å². The van der Waals surface area contributed by atoms with Crippen molar-refractivity contribution < 1.29 is 14.4 Å². The Hall–Kier alpha value is -3.13. The first-order valence-corrected chi connectivity index (χ1v) is 11.7. The van der Waals surface area contributed by atoms with Gasteiger partial charge < -0.3 is 20.1 Å². The van der Waals surface area contributed by atoms with Gasteiger partial charge in [-0.25, -0.2) is 0 Å². The first kappa shape index (κ1) is 22.1. The molecule has 0 bridgehead atoms. The summed E-state index contributed by atoms with van der Waals surface area (Å²) in [6, 6.07) is 9.10. The number of amides is 3. The largest absolute Gasteiger partial charge is 0.345 e. The van der Waals surface area contributed by atoms with Crippen LogP contribution < -0.4 is 10.2 Å². The standard InChI is InChI=1S/C24H28N4O3S/c1-27(2)24(31)20-17-12-11-16(28(3)23(30)15-8-5-4-6-9-15)14-18(17)25-21(20)26-22(29)19-10-7-13-32-19/h7,10-15,25H,4-6,8-9H2,1-3H3,(H,26,29). The minimum absolute atomic E-state index is 0.0691. The van der Waals surface area contributed by atoms with Crippen LogP contribution in [0.25, 0.3) is 10.9 Å². The number of nitrogens with one attached hydrogen (secondary N) is 2. The van der Waals surface area contributed by atoms with E-state index in [2.05, 4.69) is 10.3 Å². The van der Waals surface area contributed by atoms with E-state index in [9.17, 15) is 14.4 Å². The summed E-state index contributed by atoms with van der Waals surface area (Å²) in [4.78, 5) is 45.5. The monoisotopic (exact) mass is 452 g/mol. The van der Waals surface area contributed by atoms with Gasteiger partial charge in [-0.15, -0.1) is 11.3 Å². The van der Waals surface area contributed by atoms with Gasteiger partial charge in [0.15, 0.2) is 0 Å². The average Bonchev–Trinajstić information content (AvgIpc) is 3.45. The predicted molar refractivity (Wildman–Crippen MR) is 129 cm³/mol. The summed E-state index contributed by atoms with van der Waals surface area (Å²) in [7, 11) is 5.15. The fourth-order valence-electron chi connectivity index (χ4n) is 4.27. The van der Waals surface area contributed by atoms with E-state index in [-0.39, 0.29) is 23.6 Å². The average molecular weight is 453 g/mol. The van der Waals surface area contributed by atoms with E-state index in [1.165, 1.54) is 22.7 Å². The van der Waals surface area contributed by atoms with Gasteiger partial charge >= 0.3 is 0 Å². The fourth-order valence-corrected chi connectivity index (χ4v) is 4.89. The summed E-state index contributed by atoms with van der Waals surface area (Å²) in [5.41, 5.74) is 1.86. The molecule has 1 saturated carbocycles. The Morgan fingerprint density at radius 3 is 2.47 bits per heavy atom. The number of H-pyrrole nitrogens is 1. The van der Waals surface area contributed by atoms with E-state index >= 15 is 0 Å². The number of anilines is 2. The number of aromatic amines is 1. The molecule has 1 aliphatic carbocycles. The van der Waals surface area contributed by atoms with Crippen LogP contribution in [0.5, 0.6) is 0 Å². The third-order valence-electron chi connectivity index (χ3n) is 6.06. The van der Waals surface area contributed by atoms with Crippen molar-refractivity contribution in [3.05, 3.63) is 46.2 Å². The van der Waals surface area contributed by atoms with Crippen molar-refractivity contribution in [2.45, 2.75) is 32.1 Å². The van der Waals surface area contributed by atoms with Crippen LogP contribution >= 0.6 is 11.3 Å². The van der Waals surface area contributed by atoms with Gasteiger partial charge in [0, 0.05) is 43.7 Å². The predicted octanol–water partition coefficient (Wildman–Crippen LogP) is 4.73. The number of hydrogen-bond donors (Lipinski definition) is 2. The number of carbonyl (C=O) groups excluding carboxylic acids is 3. The van der Waals surface area contributed by atoms with Crippen molar-refractivity contribution in [1.29, 1.82) is 0 Å². The van der Waals surface area contributed by atoms with Crippen molar-refractivity contribution in [2.75, 3.05) is 31.4 Å². The van der Waals surface area contributed by atoms with E-state index in [1.54, 1.807) is 32.1 Å². The molecule has 2 N–H and O–H groups in total. The SMILES string of the molecule is CN(C)C(=O)c1c(NC(=O)c2cccs2)[nH]c2cc(N(C)C(=O)C3CCCCC3)ccc12. The Kier molecular flexibility index (Phi) is 6.32. The molecule has 7 nitrogen and oxygen atoms in total. The maximum absolute atomic E-state index is 13.0. The van der Waals surface area contributed by atoms with E-state index < -0.39 is 0 Å². The Balaban J connectivity index is 1.68. The molecule has 3 aromatic rings. The number of thiophene rings is 1. The molecule has 168 valence electrons. The molecule has 32 heavy (non-hydrogen) atoms. The van der Waals surface area contributed by atoms with Gasteiger partial charge in [0.05, 0.1) is 10.4 Å². The van der Waals surface area contributed by atoms with Crippen LogP contribution in [0.1, 0.15) is 52.1 Å². The highest BCUT2D eigenvalue weighted by Crippen LogP contribution is 2.32. The highest BCUT2D eigenvalue weighted by Gasteiger charge is 2.26. The molecular formula is C24H28N4O3S. The molecule has 8 heteroatoms. The normalized spacial score (nSPS) is 14.3. The van der Waals surface area contributed by atoms with Gasteiger partial charge in [-0.2, -0.15) is 0 Å². The van der Waals surface area contributed by atoms with Gasteiger partial charge in [-0.3, -0.25) is 14.4 Å². The number of aromatic nitrogens is 1. The summed E-state index contributed by atoms with van der Waals surface area (Å²) in [5, 5.41) is 5.38. The molecule has 0 unspecified atom stereocenters. The summed E-state index contributed by atoms with van der Waals surface area (Å²) in [6.07, 6.45) is 5.28. The van der Waals surface area contributed by atoms with Gasteiger partial charge in [0.1, 0.15) is 5.82 Å². The minimum Gasteiger partial charge on any atom is -0.345 e. The first-order valence-electron chi connectivity index (χ1n) is 10.9. The van der Waals surface area contributed by atoms with E-state index in [4.69, 9.17) is 0 Å². The van der Waals surface area contributed by atoms with Crippen molar-refractivity contribution in [3.63, 3.8) is 0 Å². The molecule has 0 atom stereocenters. The third kappa shape index (κ3) is 4.27. The maximum atomic E-state index is 13.0.